The van der Waals surface area contributed by atoms with Gasteiger partial charge in [-0.1, -0.05) is 26.0 Å². The molecule has 0 aliphatic carbocycles. The van der Waals surface area contributed by atoms with Crippen molar-refractivity contribution in [2.45, 2.75) is 19.8 Å². The molecule has 0 amide bonds. The molecule has 5 heteroatoms. The van der Waals surface area contributed by atoms with E-state index >= 15 is 0 Å². The lowest BCUT2D eigenvalue weighted by molar-refractivity contribution is 0.216. The van der Waals surface area contributed by atoms with Crippen LogP contribution in [0.1, 0.15) is 30.2 Å². The Kier molecular flexibility index (Phi) is 4.06. The van der Waals surface area contributed by atoms with Crippen LogP contribution in [-0.2, 0) is 0 Å². The maximum Gasteiger partial charge on any atom is 0.192 e. The molecule has 0 unspecified atom stereocenters. The number of thiophene rings is 1. The van der Waals surface area contributed by atoms with Crippen molar-refractivity contribution in [3.8, 4) is 10.8 Å². The fraction of sp³-hybridized carbons (Fsp3) is 0.421. The molecule has 1 aromatic carbocycles. The van der Waals surface area contributed by atoms with Crippen molar-refractivity contribution in [2.24, 2.45) is 4.99 Å². The van der Waals surface area contributed by atoms with E-state index in [-0.39, 0.29) is 0 Å². The molecule has 0 spiro atoms. The van der Waals surface area contributed by atoms with Crippen LogP contribution < -0.4 is 4.74 Å². The van der Waals surface area contributed by atoms with Gasteiger partial charge in [0.2, 0.25) is 0 Å². The van der Waals surface area contributed by atoms with E-state index in [2.05, 4.69) is 36.8 Å². The molecule has 126 valence electrons. The largest absolute Gasteiger partial charge is 0.444 e. The van der Waals surface area contributed by atoms with Gasteiger partial charge in [-0.05, 0) is 31.2 Å². The Labute approximate surface area is 147 Å². The SMILES string of the molecule is CC(C)c1cc2c(s1)Oc1ccccc1N=C2N1CCN(C)CC1. The van der Waals surface area contributed by atoms with Crippen molar-refractivity contribution < 1.29 is 4.74 Å². The number of rotatable bonds is 1. The van der Waals surface area contributed by atoms with E-state index in [0.717, 1.165) is 54.1 Å². The summed E-state index contributed by atoms with van der Waals surface area (Å²) >= 11 is 1.75. The summed E-state index contributed by atoms with van der Waals surface area (Å²) in [5, 5.41) is 0.973. The molecule has 4 nitrogen and oxygen atoms in total. The molecule has 4 rings (SSSR count). The highest BCUT2D eigenvalue weighted by molar-refractivity contribution is 7.14. The van der Waals surface area contributed by atoms with E-state index in [9.17, 15) is 0 Å². The lowest BCUT2D eigenvalue weighted by Crippen LogP contribution is -2.47. The molecule has 0 saturated carbocycles. The van der Waals surface area contributed by atoms with Gasteiger partial charge in [0.25, 0.3) is 0 Å². The minimum absolute atomic E-state index is 0.495. The molecule has 3 heterocycles. The summed E-state index contributed by atoms with van der Waals surface area (Å²) in [6, 6.07) is 10.3. The van der Waals surface area contributed by atoms with Gasteiger partial charge in [-0.25, -0.2) is 4.99 Å². The highest BCUT2D eigenvalue weighted by atomic mass is 32.1. The average molecular weight is 341 g/mol. The Hall–Kier alpha value is -1.85. The molecule has 0 radical (unpaired) electrons. The zero-order valence-corrected chi connectivity index (χ0v) is 15.3. The first kappa shape index (κ1) is 15.7. The average Bonchev–Trinajstić information content (AvgIpc) is 2.92. The maximum absolute atomic E-state index is 6.24. The van der Waals surface area contributed by atoms with Crippen LogP contribution in [0.4, 0.5) is 5.69 Å². The monoisotopic (exact) mass is 341 g/mol. The summed E-state index contributed by atoms with van der Waals surface area (Å²) in [5.41, 5.74) is 2.06. The Morgan fingerprint density at radius 2 is 1.88 bits per heavy atom. The topological polar surface area (TPSA) is 28.1 Å². The molecule has 1 aromatic heterocycles. The van der Waals surface area contributed by atoms with Crippen molar-refractivity contribution in [3.63, 3.8) is 0 Å². The molecular formula is C19H23N3OS. The molecule has 24 heavy (non-hydrogen) atoms. The number of amidine groups is 1. The number of piperazine rings is 1. The normalized spacial score (nSPS) is 17.8. The molecular weight excluding hydrogens is 318 g/mol. The molecule has 2 aliphatic rings. The molecule has 0 atom stereocenters. The Balaban J connectivity index is 1.81. The number of aliphatic imine (C=N–C) groups is 1. The van der Waals surface area contributed by atoms with E-state index < -0.39 is 0 Å². The summed E-state index contributed by atoms with van der Waals surface area (Å²) in [6.07, 6.45) is 0. The van der Waals surface area contributed by atoms with E-state index in [1.807, 2.05) is 24.3 Å². The number of benzene rings is 1. The third kappa shape index (κ3) is 2.82. The van der Waals surface area contributed by atoms with E-state index in [0.29, 0.717) is 5.92 Å². The third-order valence-corrected chi connectivity index (χ3v) is 5.94. The first-order valence-corrected chi connectivity index (χ1v) is 9.36. The number of hydrogen-bond acceptors (Lipinski definition) is 5. The van der Waals surface area contributed by atoms with Gasteiger partial charge in [0, 0.05) is 31.1 Å². The fourth-order valence-corrected chi connectivity index (χ4v) is 4.10. The van der Waals surface area contributed by atoms with Crippen LogP contribution in [0.3, 0.4) is 0 Å². The number of nitrogens with zero attached hydrogens (tertiary/aromatic N) is 3. The van der Waals surface area contributed by atoms with Crippen LogP contribution in [-0.4, -0.2) is 48.9 Å². The van der Waals surface area contributed by atoms with Crippen molar-refractivity contribution in [1.29, 1.82) is 0 Å². The minimum Gasteiger partial charge on any atom is -0.444 e. The summed E-state index contributed by atoms with van der Waals surface area (Å²) in [5.74, 6) is 2.40. The maximum atomic E-state index is 6.24. The van der Waals surface area contributed by atoms with E-state index in [4.69, 9.17) is 9.73 Å². The summed E-state index contributed by atoms with van der Waals surface area (Å²) in [4.78, 5) is 11.1. The Bertz CT molecular complexity index is 773. The lowest BCUT2D eigenvalue weighted by atomic mass is 10.1. The highest BCUT2D eigenvalue weighted by Gasteiger charge is 2.27. The van der Waals surface area contributed by atoms with Crippen LogP contribution in [0, 0.1) is 0 Å². The second-order valence-corrected chi connectivity index (χ2v) is 7.85. The van der Waals surface area contributed by atoms with Crippen molar-refractivity contribution >= 4 is 22.9 Å². The Morgan fingerprint density at radius 3 is 2.62 bits per heavy atom. The number of hydrogen-bond donors (Lipinski definition) is 0. The van der Waals surface area contributed by atoms with Gasteiger partial charge in [-0.15, -0.1) is 11.3 Å². The number of likely N-dealkylation sites (N-methyl/N-ethyl adjacent to an activating group) is 1. The summed E-state index contributed by atoms with van der Waals surface area (Å²) in [7, 11) is 2.18. The smallest absolute Gasteiger partial charge is 0.192 e. The number of fused-ring (bicyclic) bond motifs is 2. The standard InChI is InChI=1S/C19H23N3OS/c1-13(2)17-12-14-18(22-10-8-21(3)9-11-22)20-15-6-4-5-7-16(15)23-19(14)24-17/h4-7,12-13H,8-11H2,1-3H3. The van der Waals surface area contributed by atoms with Crippen molar-refractivity contribution in [2.75, 3.05) is 33.2 Å². The van der Waals surface area contributed by atoms with Gasteiger partial charge in [-0.3, -0.25) is 0 Å². The van der Waals surface area contributed by atoms with Crippen LogP contribution in [0.2, 0.25) is 0 Å². The molecule has 1 fully saturated rings. The predicted octanol–water partition coefficient (Wildman–Crippen LogP) is 4.30. The van der Waals surface area contributed by atoms with Gasteiger partial charge in [0.1, 0.15) is 11.5 Å². The zero-order valence-electron chi connectivity index (χ0n) is 14.5. The van der Waals surface area contributed by atoms with E-state index in [1.165, 1.54) is 4.88 Å². The van der Waals surface area contributed by atoms with Gasteiger partial charge in [-0.2, -0.15) is 0 Å². The number of para-hydroxylation sites is 2. The fourth-order valence-electron chi connectivity index (χ4n) is 3.08. The second-order valence-electron chi connectivity index (χ2n) is 6.80. The first-order chi connectivity index (χ1) is 11.6. The first-order valence-electron chi connectivity index (χ1n) is 8.55. The Morgan fingerprint density at radius 1 is 1.12 bits per heavy atom. The quantitative estimate of drug-likeness (QED) is 0.774. The van der Waals surface area contributed by atoms with Crippen LogP contribution >= 0.6 is 11.3 Å². The highest BCUT2D eigenvalue weighted by Crippen LogP contribution is 2.44. The zero-order chi connectivity index (χ0) is 16.7. The predicted molar refractivity (Wildman–Crippen MR) is 100 cm³/mol. The van der Waals surface area contributed by atoms with Crippen molar-refractivity contribution in [1.82, 2.24) is 9.80 Å². The number of ether oxygens (including phenoxy) is 1. The molecule has 0 bridgehead atoms. The third-order valence-electron chi connectivity index (χ3n) is 4.62. The van der Waals surface area contributed by atoms with Gasteiger partial charge in [0.15, 0.2) is 10.8 Å². The lowest BCUT2D eigenvalue weighted by Gasteiger charge is -2.34. The van der Waals surface area contributed by atoms with Gasteiger partial charge >= 0.3 is 0 Å². The summed E-state index contributed by atoms with van der Waals surface area (Å²) in [6.45, 7) is 8.60. The minimum atomic E-state index is 0.495. The van der Waals surface area contributed by atoms with Crippen molar-refractivity contribution in [3.05, 3.63) is 40.8 Å². The van der Waals surface area contributed by atoms with Gasteiger partial charge in [0.05, 0.1) is 5.56 Å². The molecule has 2 aromatic rings. The summed E-state index contributed by atoms with van der Waals surface area (Å²) < 4.78 is 6.24. The second kappa shape index (κ2) is 6.22. The molecule has 2 aliphatic heterocycles. The molecule has 0 N–H and O–H groups in total. The van der Waals surface area contributed by atoms with Gasteiger partial charge < -0.3 is 14.5 Å². The molecule has 1 saturated heterocycles. The van der Waals surface area contributed by atoms with Crippen LogP contribution in [0.25, 0.3) is 0 Å². The van der Waals surface area contributed by atoms with E-state index in [1.54, 1.807) is 11.3 Å². The van der Waals surface area contributed by atoms with Crippen LogP contribution in [0.5, 0.6) is 10.8 Å². The van der Waals surface area contributed by atoms with Crippen LogP contribution in [0.15, 0.2) is 35.3 Å².